The lowest BCUT2D eigenvalue weighted by molar-refractivity contribution is 0.102. The molecule has 1 heterocycles. The second-order valence-corrected chi connectivity index (χ2v) is 11.8. The lowest BCUT2D eigenvalue weighted by atomic mass is 9.87. The predicted molar refractivity (Wildman–Crippen MR) is 173 cm³/mol. The molecule has 0 spiro atoms. The van der Waals surface area contributed by atoms with E-state index < -0.39 is 0 Å². The van der Waals surface area contributed by atoms with Crippen LogP contribution in [-0.2, 0) is 6.54 Å². The van der Waals surface area contributed by atoms with Gasteiger partial charge in [-0.05, 0) is 82.1 Å². The molecule has 4 aromatic carbocycles. The second-order valence-electron chi connectivity index (χ2n) is 11.8. The van der Waals surface area contributed by atoms with Crippen molar-refractivity contribution in [2.24, 2.45) is 0 Å². The minimum absolute atomic E-state index is 0.0951. The van der Waals surface area contributed by atoms with E-state index in [1.807, 2.05) is 42.5 Å². The molecule has 42 heavy (non-hydrogen) atoms. The first-order chi connectivity index (χ1) is 20.3. The molecular formula is C37H40N4O. The highest BCUT2D eigenvalue weighted by Gasteiger charge is 2.20. The molecule has 1 aliphatic heterocycles. The Morgan fingerprint density at radius 2 is 1.52 bits per heavy atom. The smallest absolute Gasteiger partial charge is 0.256 e. The lowest BCUT2D eigenvalue weighted by Crippen LogP contribution is -2.45. The summed E-state index contributed by atoms with van der Waals surface area (Å²) < 4.78 is 0. The number of anilines is 2. The molecule has 0 aromatic heterocycles. The van der Waals surface area contributed by atoms with E-state index in [0.717, 1.165) is 55.2 Å². The first-order valence-electron chi connectivity index (χ1n) is 14.9. The van der Waals surface area contributed by atoms with Gasteiger partial charge in [0.1, 0.15) is 0 Å². The third-order valence-electron chi connectivity index (χ3n) is 8.15. The molecule has 1 aliphatic rings. The number of nitriles is 1. The Bertz CT molecular complexity index is 1560. The molecule has 0 bridgehead atoms. The van der Waals surface area contributed by atoms with Crippen molar-refractivity contribution in [3.05, 3.63) is 119 Å². The molecule has 5 rings (SSSR count). The first kappa shape index (κ1) is 29.1. The van der Waals surface area contributed by atoms with Gasteiger partial charge in [-0.15, -0.1) is 0 Å². The summed E-state index contributed by atoms with van der Waals surface area (Å²) in [6, 6.07) is 32.9. The summed E-state index contributed by atoms with van der Waals surface area (Å²) in [6.45, 7) is 13.4. The molecule has 1 amide bonds. The minimum atomic E-state index is -0.0951. The number of benzene rings is 4. The van der Waals surface area contributed by atoms with E-state index in [1.54, 1.807) is 0 Å². The van der Waals surface area contributed by atoms with Crippen LogP contribution < -0.4 is 10.2 Å². The van der Waals surface area contributed by atoms with Crippen LogP contribution in [0, 0.1) is 11.3 Å². The van der Waals surface area contributed by atoms with Crippen molar-refractivity contribution in [1.29, 1.82) is 5.26 Å². The molecule has 5 nitrogen and oxygen atoms in total. The number of carbonyl (C=O) groups is 1. The van der Waals surface area contributed by atoms with Gasteiger partial charge in [0.2, 0.25) is 0 Å². The molecule has 0 unspecified atom stereocenters. The fourth-order valence-electron chi connectivity index (χ4n) is 5.71. The van der Waals surface area contributed by atoms with Crippen LogP contribution in [0.5, 0.6) is 0 Å². The molecule has 5 heteroatoms. The number of nitrogens with one attached hydrogen (secondary N) is 1. The molecule has 0 radical (unpaired) electrons. The van der Waals surface area contributed by atoms with Crippen LogP contribution in [0.25, 0.3) is 11.1 Å². The van der Waals surface area contributed by atoms with Crippen LogP contribution in [0.2, 0.25) is 0 Å². The van der Waals surface area contributed by atoms with E-state index in [2.05, 4.69) is 97.4 Å². The van der Waals surface area contributed by atoms with Crippen LogP contribution >= 0.6 is 0 Å². The van der Waals surface area contributed by atoms with Gasteiger partial charge in [-0.1, -0.05) is 76.2 Å². The van der Waals surface area contributed by atoms with Crippen LogP contribution in [0.3, 0.4) is 0 Å². The van der Waals surface area contributed by atoms with E-state index >= 15 is 0 Å². The van der Waals surface area contributed by atoms with Crippen LogP contribution in [0.15, 0.2) is 91.0 Å². The highest BCUT2D eigenvalue weighted by Crippen LogP contribution is 2.34. The summed E-state index contributed by atoms with van der Waals surface area (Å²) >= 11 is 0. The van der Waals surface area contributed by atoms with E-state index in [-0.39, 0.29) is 5.91 Å². The molecule has 1 fully saturated rings. The Balaban J connectivity index is 1.25. The molecule has 1 saturated heterocycles. The van der Waals surface area contributed by atoms with Crippen molar-refractivity contribution in [3.63, 3.8) is 0 Å². The summed E-state index contributed by atoms with van der Waals surface area (Å²) in [5, 5.41) is 12.3. The number of amides is 1. The second kappa shape index (κ2) is 13.1. The summed E-state index contributed by atoms with van der Waals surface area (Å²) in [4.78, 5) is 18.4. The topological polar surface area (TPSA) is 59.4 Å². The zero-order valence-corrected chi connectivity index (χ0v) is 25.1. The van der Waals surface area contributed by atoms with Gasteiger partial charge in [0, 0.05) is 49.7 Å². The van der Waals surface area contributed by atoms with Crippen molar-refractivity contribution in [3.8, 4) is 17.2 Å². The molecule has 0 aliphatic carbocycles. The summed E-state index contributed by atoms with van der Waals surface area (Å²) in [7, 11) is 0. The van der Waals surface area contributed by atoms with Gasteiger partial charge >= 0.3 is 0 Å². The molecule has 4 aromatic rings. The fourth-order valence-corrected chi connectivity index (χ4v) is 5.71. The molecule has 214 valence electrons. The van der Waals surface area contributed by atoms with Crippen molar-refractivity contribution in [2.45, 2.75) is 46.1 Å². The maximum absolute atomic E-state index is 13.6. The van der Waals surface area contributed by atoms with Crippen molar-refractivity contribution < 1.29 is 4.79 Å². The average Bonchev–Trinajstić information content (AvgIpc) is 3.01. The van der Waals surface area contributed by atoms with Crippen molar-refractivity contribution >= 4 is 17.3 Å². The minimum Gasteiger partial charge on any atom is -0.369 e. The van der Waals surface area contributed by atoms with E-state index in [4.69, 9.17) is 0 Å². The summed E-state index contributed by atoms with van der Waals surface area (Å²) in [5.41, 5.74) is 9.07. The van der Waals surface area contributed by atoms with Crippen LogP contribution in [0.1, 0.15) is 72.1 Å². The monoisotopic (exact) mass is 556 g/mol. The third kappa shape index (κ3) is 6.73. The standard InChI is InChI=1S/C37H40N4O/c1-26(2)30-11-13-31(14-12-30)36-34(27(3)4)9-6-10-35(36)37(42)39-32-15-17-33(18-16-32)41-21-19-40(20-22-41)25-29-8-5-7-28(23-29)24-38/h5-18,23,26-27H,19-22,25H2,1-4H3,(H,39,42). The largest absolute Gasteiger partial charge is 0.369 e. The number of carbonyl (C=O) groups excluding carboxylic acids is 1. The van der Waals surface area contributed by atoms with Gasteiger partial charge in [-0.2, -0.15) is 5.26 Å². The number of hydrogen-bond acceptors (Lipinski definition) is 4. The maximum atomic E-state index is 13.6. The van der Waals surface area contributed by atoms with E-state index in [9.17, 15) is 10.1 Å². The van der Waals surface area contributed by atoms with E-state index in [0.29, 0.717) is 23.0 Å². The number of rotatable bonds is 8. The van der Waals surface area contributed by atoms with Gasteiger partial charge in [0.25, 0.3) is 5.91 Å². The van der Waals surface area contributed by atoms with Gasteiger partial charge in [0.15, 0.2) is 0 Å². The van der Waals surface area contributed by atoms with Crippen molar-refractivity contribution in [2.75, 3.05) is 36.4 Å². The Morgan fingerprint density at radius 1 is 0.833 bits per heavy atom. The fraction of sp³-hybridized carbons (Fsp3) is 0.297. The molecule has 0 atom stereocenters. The van der Waals surface area contributed by atoms with Gasteiger partial charge in [-0.25, -0.2) is 0 Å². The summed E-state index contributed by atoms with van der Waals surface area (Å²) in [6.07, 6.45) is 0. The highest BCUT2D eigenvalue weighted by atomic mass is 16.1. The summed E-state index contributed by atoms with van der Waals surface area (Å²) in [5.74, 6) is 0.657. The van der Waals surface area contributed by atoms with Crippen LogP contribution in [0.4, 0.5) is 11.4 Å². The zero-order valence-electron chi connectivity index (χ0n) is 25.1. The van der Waals surface area contributed by atoms with E-state index in [1.165, 1.54) is 16.7 Å². The van der Waals surface area contributed by atoms with Crippen molar-refractivity contribution in [1.82, 2.24) is 4.90 Å². The van der Waals surface area contributed by atoms with Gasteiger partial charge in [0.05, 0.1) is 11.6 Å². The first-order valence-corrected chi connectivity index (χ1v) is 14.9. The normalized spacial score (nSPS) is 13.8. The third-order valence-corrected chi connectivity index (χ3v) is 8.15. The Morgan fingerprint density at radius 3 is 2.17 bits per heavy atom. The maximum Gasteiger partial charge on any atom is 0.256 e. The molecular weight excluding hydrogens is 516 g/mol. The molecule has 1 N–H and O–H groups in total. The Hall–Kier alpha value is -4.40. The molecule has 0 saturated carbocycles. The number of hydrogen-bond donors (Lipinski definition) is 1. The Labute approximate surface area is 250 Å². The predicted octanol–water partition coefficient (Wildman–Crippen LogP) is 8.05. The van der Waals surface area contributed by atoms with Gasteiger partial charge in [-0.3, -0.25) is 9.69 Å². The van der Waals surface area contributed by atoms with Gasteiger partial charge < -0.3 is 10.2 Å². The SMILES string of the molecule is CC(C)c1ccc(-c2c(C(=O)Nc3ccc(N4CCN(Cc5cccc(C#N)c5)CC4)cc3)cccc2C(C)C)cc1. The number of nitrogens with zero attached hydrogens (tertiary/aromatic N) is 3. The Kier molecular flexibility index (Phi) is 9.05. The quantitative estimate of drug-likeness (QED) is 0.239. The zero-order chi connectivity index (χ0) is 29.6. The number of piperazine rings is 1. The average molecular weight is 557 g/mol. The highest BCUT2D eigenvalue weighted by molar-refractivity contribution is 6.09. The lowest BCUT2D eigenvalue weighted by Gasteiger charge is -2.36. The van der Waals surface area contributed by atoms with Crippen LogP contribution in [-0.4, -0.2) is 37.0 Å².